The van der Waals surface area contributed by atoms with E-state index in [1.54, 1.807) is 0 Å². The minimum atomic E-state index is 0.0888. The van der Waals surface area contributed by atoms with Crippen LogP contribution in [0.5, 0.6) is 0 Å². The van der Waals surface area contributed by atoms with Crippen LogP contribution in [0.25, 0.3) is 0 Å². The van der Waals surface area contributed by atoms with Crippen LogP contribution in [0.4, 0.5) is 0 Å². The van der Waals surface area contributed by atoms with E-state index < -0.39 is 0 Å². The van der Waals surface area contributed by atoms with E-state index >= 15 is 0 Å². The molecule has 0 unspecified atom stereocenters. The standard InChI is InChI=1S/C16H31N3O/c1-4-6-7-8-9-12-19(3)15(17-5-2)18-13-16(14-20)10-11-16/h4,20H,1,5-14H2,2-3H3,(H,17,18). The van der Waals surface area contributed by atoms with Gasteiger partial charge in [0.1, 0.15) is 0 Å². The van der Waals surface area contributed by atoms with Gasteiger partial charge in [-0.15, -0.1) is 6.58 Å². The van der Waals surface area contributed by atoms with E-state index in [2.05, 4.69) is 35.8 Å². The fourth-order valence-corrected chi connectivity index (χ4v) is 2.18. The number of rotatable bonds is 10. The molecule has 0 aromatic rings. The van der Waals surface area contributed by atoms with Crippen LogP contribution in [0.3, 0.4) is 0 Å². The average Bonchev–Trinajstić information content (AvgIpc) is 3.23. The van der Waals surface area contributed by atoms with Crippen LogP contribution < -0.4 is 5.32 Å². The smallest absolute Gasteiger partial charge is 0.193 e. The third-order valence-electron chi connectivity index (χ3n) is 3.95. The maximum atomic E-state index is 9.35. The monoisotopic (exact) mass is 281 g/mol. The molecule has 0 aliphatic heterocycles. The molecule has 0 amide bonds. The van der Waals surface area contributed by atoms with Gasteiger partial charge in [-0.05, 0) is 39.0 Å². The summed E-state index contributed by atoms with van der Waals surface area (Å²) in [6.45, 7) is 8.75. The third kappa shape index (κ3) is 5.95. The lowest BCUT2D eigenvalue weighted by atomic mass is 10.1. The maximum absolute atomic E-state index is 9.35. The van der Waals surface area contributed by atoms with Crippen molar-refractivity contribution in [3.05, 3.63) is 12.7 Å². The third-order valence-corrected chi connectivity index (χ3v) is 3.95. The second-order valence-electron chi connectivity index (χ2n) is 5.89. The van der Waals surface area contributed by atoms with Crippen LogP contribution in [0.2, 0.25) is 0 Å². The van der Waals surface area contributed by atoms with Crippen LogP contribution in [0.1, 0.15) is 45.4 Å². The highest BCUT2D eigenvalue weighted by molar-refractivity contribution is 5.79. The molecule has 0 heterocycles. The normalized spacial score (nSPS) is 16.9. The van der Waals surface area contributed by atoms with E-state index in [1.807, 2.05) is 6.08 Å². The van der Waals surface area contributed by atoms with Crippen molar-refractivity contribution in [2.45, 2.75) is 45.4 Å². The molecule has 116 valence electrons. The first-order valence-electron chi connectivity index (χ1n) is 7.88. The first-order valence-corrected chi connectivity index (χ1v) is 7.88. The number of hydrogen-bond donors (Lipinski definition) is 2. The molecular formula is C16H31N3O. The number of aliphatic hydroxyl groups excluding tert-OH is 1. The van der Waals surface area contributed by atoms with Gasteiger partial charge >= 0.3 is 0 Å². The molecule has 4 nitrogen and oxygen atoms in total. The molecule has 0 bridgehead atoms. The van der Waals surface area contributed by atoms with Gasteiger partial charge < -0.3 is 15.3 Å². The largest absolute Gasteiger partial charge is 0.396 e. The Bertz CT molecular complexity index is 311. The number of aliphatic hydroxyl groups is 1. The molecule has 2 N–H and O–H groups in total. The van der Waals surface area contributed by atoms with Crippen molar-refractivity contribution < 1.29 is 5.11 Å². The summed E-state index contributed by atoms with van der Waals surface area (Å²) in [6.07, 6.45) is 8.94. The summed E-state index contributed by atoms with van der Waals surface area (Å²) in [6, 6.07) is 0. The van der Waals surface area contributed by atoms with Crippen LogP contribution in [-0.2, 0) is 0 Å². The van der Waals surface area contributed by atoms with Crippen LogP contribution in [-0.4, -0.2) is 49.3 Å². The summed E-state index contributed by atoms with van der Waals surface area (Å²) in [5, 5.41) is 12.7. The van der Waals surface area contributed by atoms with Gasteiger partial charge in [-0.1, -0.05) is 12.5 Å². The van der Waals surface area contributed by atoms with Gasteiger partial charge in [0, 0.05) is 25.6 Å². The molecule has 1 aliphatic carbocycles. The van der Waals surface area contributed by atoms with Gasteiger partial charge in [-0.2, -0.15) is 0 Å². The zero-order chi connectivity index (χ0) is 14.8. The molecule has 0 aromatic carbocycles. The molecule has 1 aliphatic rings. The molecule has 0 atom stereocenters. The molecular weight excluding hydrogens is 250 g/mol. The quantitative estimate of drug-likeness (QED) is 0.280. The molecule has 1 rings (SSSR count). The fourth-order valence-electron chi connectivity index (χ4n) is 2.18. The van der Waals surface area contributed by atoms with Crippen LogP contribution >= 0.6 is 0 Å². The Hall–Kier alpha value is -1.03. The second kappa shape index (κ2) is 9.01. The number of nitrogens with zero attached hydrogens (tertiary/aromatic N) is 2. The van der Waals surface area contributed by atoms with Crippen molar-refractivity contribution >= 4 is 5.96 Å². The Morgan fingerprint density at radius 3 is 2.70 bits per heavy atom. The van der Waals surface area contributed by atoms with Crippen molar-refractivity contribution in [3.63, 3.8) is 0 Å². The molecule has 0 spiro atoms. The highest BCUT2D eigenvalue weighted by atomic mass is 16.3. The predicted octanol–water partition coefficient (Wildman–Crippen LogP) is 2.40. The number of aliphatic imine (C=N–C) groups is 1. The lowest BCUT2D eigenvalue weighted by Crippen LogP contribution is -2.40. The van der Waals surface area contributed by atoms with E-state index in [9.17, 15) is 5.11 Å². The summed E-state index contributed by atoms with van der Waals surface area (Å²) in [7, 11) is 2.09. The van der Waals surface area contributed by atoms with Gasteiger partial charge in [-0.3, -0.25) is 4.99 Å². The van der Waals surface area contributed by atoms with Crippen molar-refractivity contribution in [1.29, 1.82) is 0 Å². The fraction of sp³-hybridized carbons (Fsp3) is 0.812. The molecule has 1 saturated carbocycles. The first-order chi connectivity index (χ1) is 9.67. The minimum absolute atomic E-state index is 0.0888. The molecule has 20 heavy (non-hydrogen) atoms. The first kappa shape index (κ1) is 17.0. The summed E-state index contributed by atoms with van der Waals surface area (Å²) in [4.78, 5) is 6.89. The van der Waals surface area contributed by atoms with Crippen LogP contribution in [0, 0.1) is 5.41 Å². The van der Waals surface area contributed by atoms with E-state index in [0.29, 0.717) is 0 Å². The van der Waals surface area contributed by atoms with Crippen molar-refractivity contribution in [2.24, 2.45) is 10.4 Å². The number of guanidine groups is 1. The van der Waals surface area contributed by atoms with E-state index in [1.165, 1.54) is 19.3 Å². The Labute approximate surface area is 124 Å². The number of unbranched alkanes of at least 4 members (excludes halogenated alkanes) is 3. The average molecular weight is 281 g/mol. The van der Waals surface area contributed by atoms with Crippen LogP contribution in [0.15, 0.2) is 17.6 Å². The summed E-state index contributed by atoms with van der Waals surface area (Å²) in [5.41, 5.74) is 0.0888. The number of nitrogens with one attached hydrogen (secondary N) is 1. The Balaban J connectivity index is 2.35. The van der Waals surface area contributed by atoms with E-state index in [4.69, 9.17) is 0 Å². The second-order valence-corrected chi connectivity index (χ2v) is 5.89. The summed E-state index contributed by atoms with van der Waals surface area (Å²) < 4.78 is 0. The van der Waals surface area contributed by atoms with Gasteiger partial charge in [0.15, 0.2) is 5.96 Å². The maximum Gasteiger partial charge on any atom is 0.193 e. The zero-order valence-corrected chi connectivity index (χ0v) is 13.2. The van der Waals surface area contributed by atoms with Crippen molar-refractivity contribution in [1.82, 2.24) is 10.2 Å². The Morgan fingerprint density at radius 1 is 1.40 bits per heavy atom. The molecule has 0 saturated heterocycles. The summed E-state index contributed by atoms with van der Waals surface area (Å²) >= 11 is 0. The highest BCUT2D eigenvalue weighted by Gasteiger charge is 2.41. The van der Waals surface area contributed by atoms with Gasteiger partial charge in [-0.25, -0.2) is 0 Å². The lowest BCUT2D eigenvalue weighted by Gasteiger charge is -2.22. The number of allylic oxidation sites excluding steroid dienone is 1. The Morgan fingerprint density at radius 2 is 2.15 bits per heavy atom. The lowest BCUT2D eigenvalue weighted by molar-refractivity contribution is 0.216. The van der Waals surface area contributed by atoms with Gasteiger partial charge in [0.2, 0.25) is 0 Å². The minimum Gasteiger partial charge on any atom is -0.396 e. The van der Waals surface area contributed by atoms with Gasteiger partial charge in [0.25, 0.3) is 0 Å². The van der Waals surface area contributed by atoms with E-state index in [-0.39, 0.29) is 12.0 Å². The summed E-state index contributed by atoms with van der Waals surface area (Å²) in [5.74, 6) is 0.968. The SMILES string of the molecule is C=CCCCCCN(C)C(=NCC1(CO)CC1)NCC. The van der Waals surface area contributed by atoms with Gasteiger partial charge in [0.05, 0.1) is 13.2 Å². The van der Waals surface area contributed by atoms with Crippen molar-refractivity contribution in [2.75, 3.05) is 33.3 Å². The molecule has 1 fully saturated rings. The zero-order valence-electron chi connectivity index (χ0n) is 13.2. The van der Waals surface area contributed by atoms with Crippen molar-refractivity contribution in [3.8, 4) is 0 Å². The molecule has 4 heteroatoms. The topological polar surface area (TPSA) is 47.9 Å². The molecule has 0 radical (unpaired) electrons. The number of hydrogen-bond acceptors (Lipinski definition) is 2. The Kier molecular flexibility index (Phi) is 7.67. The highest BCUT2D eigenvalue weighted by Crippen LogP contribution is 2.45. The molecule has 0 aromatic heterocycles. The predicted molar refractivity (Wildman–Crippen MR) is 86.0 cm³/mol. The van der Waals surface area contributed by atoms with E-state index in [0.717, 1.165) is 44.9 Å².